The average Bonchev–Trinajstić information content (AvgIpc) is 2.58. The molecule has 1 aromatic rings. The molecule has 2 rings (SSSR count). The van der Waals surface area contributed by atoms with E-state index in [2.05, 4.69) is 21.0 Å². The van der Waals surface area contributed by atoms with Crippen LogP contribution in [0.5, 0.6) is 0 Å². The van der Waals surface area contributed by atoms with E-state index in [-0.39, 0.29) is 5.41 Å². The highest BCUT2D eigenvalue weighted by atomic mass is 79.9. The minimum absolute atomic E-state index is 0.106. The van der Waals surface area contributed by atoms with E-state index in [1.165, 1.54) is 4.68 Å². The van der Waals surface area contributed by atoms with E-state index in [9.17, 15) is 13.2 Å². The highest BCUT2D eigenvalue weighted by Crippen LogP contribution is 2.43. The first kappa shape index (κ1) is 12.0. The minimum atomic E-state index is -4.29. The molecule has 0 amide bonds. The fourth-order valence-electron chi connectivity index (χ4n) is 1.95. The van der Waals surface area contributed by atoms with Crippen LogP contribution in [-0.2, 0) is 12.7 Å². The second-order valence-electron chi connectivity index (χ2n) is 4.41. The molecule has 0 N–H and O–H groups in total. The lowest BCUT2D eigenvalue weighted by Gasteiger charge is -2.40. The van der Waals surface area contributed by atoms with E-state index in [1.807, 2.05) is 0 Å². The molecule has 6 heteroatoms. The van der Waals surface area contributed by atoms with Gasteiger partial charge >= 0.3 is 6.18 Å². The van der Waals surface area contributed by atoms with E-state index in [1.54, 1.807) is 0 Å². The molecular formula is C10H12BrF3N2. The molecule has 0 unspecified atom stereocenters. The van der Waals surface area contributed by atoms with E-state index < -0.39 is 11.7 Å². The number of aromatic nitrogens is 2. The second-order valence-corrected chi connectivity index (χ2v) is 4.97. The topological polar surface area (TPSA) is 17.8 Å². The number of halogens is 4. The van der Waals surface area contributed by atoms with Gasteiger partial charge in [0.2, 0.25) is 0 Å². The molecule has 1 aromatic heterocycles. The maximum Gasteiger partial charge on any atom is 0.419 e. The van der Waals surface area contributed by atoms with Crippen molar-refractivity contribution in [1.29, 1.82) is 0 Å². The number of rotatable bonds is 3. The molecule has 1 aliphatic carbocycles. The monoisotopic (exact) mass is 296 g/mol. The van der Waals surface area contributed by atoms with Crippen molar-refractivity contribution in [2.45, 2.75) is 32.0 Å². The fraction of sp³-hybridized carbons (Fsp3) is 0.700. The van der Waals surface area contributed by atoms with Crippen LogP contribution in [0.15, 0.2) is 12.4 Å². The Morgan fingerprint density at radius 2 is 2.12 bits per heavy atom. The molecule has 0 aromatic carbocycles. The zero-order valence-electron chi connectivity index (χ0n) is 8.60. The Kier molecular flexibility index (Phi) is 3.03. The van der Waals surface area contributed by atoms with Crippen LogP contribution in [0.2, 0.25) is 0 Å². The van der Waals surface area contributed by atoms with Crippen LogP contribution in [0.3, 0.4) is 0 Å². The zero-order chi connectivity index (χ0) is 11.8. The summed E-state index contributed by atoms with van der Waals surface area (Å²) in [5.74, 6) is 0. The van der Waals surface area contributed by atoms with Gasteiger partial charge in [0.25, 0.3) is 0 Å². The lowest BCUT2D eigenvalue weighted by molar-refractivity contribution is -0.137. The Hall–Kier alpha value is -0.520. The molecule has 90 valence electrons. The van der Waals surface area contributed by atoms with Crippen LogP contribution < -0.4 is 0 Å². The van der Waals surface area contributed by atoms with Crippen molar-refractivity contribution < 1.29 is 13.2 Å². The van der Waals surface area contributed by atoms with Crippen molar-refractivity contribution >= 4 is 15.9 Å². The van der Waals surface area contributed by atoms with E-state index in [4.69, 9.17) is 0 Å². The van der Waals surface area contributed by atoms with Gasteiger partial charge in [-0.1, -0.05) is 22.4 Å². The van der Waals surface area contributed by atoms with Crippen molar-refractivity contribution in [3.05, 3.63) is 18.0 Å². The largest absolute Gasteiger partial charge is 0.419 e. The number of hydrogen-bond acceptors (Lipinski definition) is 1. The van der Waals surface area contributed by atoms with Crippen molar-refractivity contribution in [2.75, 3.05) is 5.33 Å². The molecule has 2 nitrogen and oxygen atoms in total. The van der Waals surface area contributed by atoms with Crippen LogP contribution in [0.4, 0.5) is 13.2 Å². The van der Waals surface area contributed by atoms with Gasteiger partial charge in [-0.2, -0.15) is 18.3 Å². The molecule has 0 radical (unpaired) electrons. The Balaban J connectivity index is 2.08. The third-order valence-electron chi connectivity index (χ3n) is 3.16. The molecule has 16 heavy (non-hydrogen) atoms. The van der Waals surface area contributed by atoms with Gasteiger partial charge in [0.05, 0.1) is 11.8 Å². The summed E-state index contributed by atoms with van der Waals surface area (Å²) in [6, 6.07) is 0. The summed E-state index contributed by atoms with van der Waals surface area (Å²) in [6.45, 7) is 0.564. The van der Waals surface area contributed by atoms with E-state index in [0.29, 0.717) is 6.54 Å². The summed E-state index contributed by atoms with van der Waals surface area (Å²) >= 11 is 3.42. The van der Waals surface area contributed by atoms with Crippen LogP contribution in [0.25, 0.3) is 0 Å². The third-order valence-corrected chi connectivity index (χ3v) is 4.35. The van der Waals surface area contributed by atoms with Crippen LogP contribution >= 0.6 is 15.9 Å². The van der Waals surface area contributed by atoms with Crippen LogP contribution in [-0.4, -0.2) is 15.1 Å². The standard InChI is InChI=1S/C10H12BrF3N2/c11-6-9(2-1-3-9)7-16-5-8(4-15-16)10(12,13)14/h4-5H,1-3,6-7H2. The summed E-state index contributed by atoms with van der Waals surface area (Å²) < 4.78 is 38.5. The fourth-order valence-corrected chi connectivity index (χ4v) is 2.69. The lowest BCUT2D eigenvalue weighted by Crippen LogP contribution is -2.35. The van der Waals surface area contributed by atoms with Crippen molar-refractivity contribution in [2.24, 2.45) is 5.41 Å². The SMILES string of the molecule is FC(F)(F)c1cnn(CC2(CBr)CCC2)c1. The van der Waals surface area contributed by atoms with E-state index in [0.717, 1.165) is 37.0 Å². The number of alkyl halides is 4. The summed E-state index contributed by atoms with van der Waals surface area (Å²) in [5.41, 5.74) is -0.564. The molecule has 1 aliphatic rings. The van der Waals surface area contributed by atoms with Crippen molar-refractivity contribution in [3.8, 4) is 0 Å². The Morgan fingerprint density at radius 1 is 1.44 bits per heavy atom. The summed E-state index contributed by atoms with van der Waals surface area (Å²) in [4.78, 5) is 0. The van der Waals surface area contributed by atoms with Crippen LogP contribution in [0.1, 0.15) is 24.8 Å². The zero-order valence-corrected chi connectivity index (χ0v) is 10.2. The van der Waals surface area contributed by atoms with Crippen molar-refractivity contribution in [3.63, 3.8) is 0 Å². The van der Waals surface area contributed by atoms with Crippen LogP contribution in [0, 0.1) is 5.41 Å². The van der Waals surface area contributed by atoms with Gasteiger partial charge in [-0.25, -0.2) is 0 Å². The first-order chi connectivity index (χ1) is 7.45. The van der Waals surface area contributed by atoms with Crippen molar-refractivity contribution in [1.82, 2.24) is 9.78 Å². The van der Waals surface area contributed by atoms with Gasteiger partial charge in [0, 0.05) is 18.1 Å². The summed E-state index contributed by atoms with van der Waals surface area (Å²) in [6.07, 6.45) is 0.945. The molecule has 1 heterocycles. The molecule has 1 saturated carbocycles. The van der Waals surface area contributed by atoms with Gasteiger partial charge in [-0.15, -0.1) is 0 Å². The molecule has 0 aliphatic heterocycles. The highest BCUT2D eigenvalue weighted by molar-refractivity contribution is 9.09. The lowest BCUT2D eigenvalue weighted by atomic mass is 9.70. The minimum Gasteiger partial charge on any atom is -0.272 e. The molecule has 0 spiro atoms. The molecular weight excluding hydrogens is 285 g/mol. The van der Waals surface area contributed by atoms with Gasteiger partial charge in [0.15, 0.2) is 0 Å². The predicted molar refractivity (Wildman–Crippen MR) is 57.3 cm³/mol. The Morgan fingerprint density at radius 3 is 2.50 bits per heavy atom. The maximum absolute atomic E-state index is 12.3. The van der Waals surface area contributed by atoms with Gasteiger partial charge < -0.3 is 0 Å². The van der Waals surface area contributed by atoms with Gasteiger partial charge in [-0.05, 0) is 18.3 Å². The molecule has 0 bridgehead atoms. The number of hydrogen-bond donors (Lipinski definition) is 0. The first-order valence-corrected chi connectivity index (χ1v) is 6.23. The quantitative estimate of drug-likeness (QED) is 0.781. The highest BCUT2D eigenvalue weighted by Gasteiger charge is 2.37. The average molecular weight is 297 g/mol. The first-order valence-electron chi connectivity index (χ1n) is 5.11. The predicted octanol–water partition coefficient (Wildman–Crippen LogP) is 3.47. The third kappa shape index (κ3) is 2.26. The molecule has 1 fully saturated rings. The normalized spacial score (nSPS) is 19.5. The summed E-state index contributed by atoms with van der Waals surface area (Å²) in [7, 11) is 0. The number of nitrogens with zero attached hydrogens (tertiary/aromatic N) is 2. The molecule has 0 saturated heterocycles. The van der Waals surface area contributed by atoms with Gasteiger partial charge in [-0.3, -0.25) is 4.68 Å². The smallest absolute Gasteiger partial charge is 0.272 e. The second kappa shape index (κ2) is 4.05. The Labute approximate surface area is 100.0 Å². The maximum atomic E-state index is 12.3. The Bertz CT molecular complexity index is 363. The van der Waals surface area contributed by atoms with Gasteiger partial charge in [0.1, 0.15) is 0 Å². The van der Waals surface area contributed by atoms with E-state index >= 15 is 0 Å². The summed E-state index contributed by atoms with van der Waals surface area (Å²) in [5, 5.41) is 4.59. The molecule has 0 atom stereocenters.